The molecule has 0 saturated carbocycles. The van der Waals surface area contributed by atoms with Crippen molar-refractivity contribution in [3.63, 3.8) is 0 Å². The minimum Gasteiger partial charge on any atom is -0.490 e. The first-order valence-corrected chi connectivity index (χ1v) is 11.2. The highest BCUT2D eigenvalue weighted by Gasteiger charge is 2.09. The molecule has 2 aromatic carbocycles. The predicted octanol–water partition coefficient (Wildman–Crippen LogP) is 6.53. The van der Waals surface area contributed by atoms with E-state index >= 15 is 0 Å². The molecule has 0 aliphatic heterocycles. The average molecular weight is 424 g/mol. The highest BCUT2D eigenvalue weighted by molar-refractivity contribution is 7.15. The lowest BCUT2D eigenvalue weighted by Crippen LogP contribution is -2.01. The zero-order valence-electron chi connectivity index (χ0n) is 17.9. The van der Waals surface area contributed by atoms with Crippen molar-refractivity contribution in [2.75, 3.05) is 18.6 Å². The molecule has 30 heavy (non-hydrogen) atoms. The van der Waals surface area contributed by atoms with Crippen molar-refractivity contribution in [1.82, 2.24) is 4.98 Å². The van der Waals surface area contributed by atoms with Gasteiger partial charge in [-0.05, 0) is 44.0 Å². The first kappa shape index (κ1) is 21.8. The number of thiazole rings is 1. The first-order chi connectivity index (χ1) is 14.7. The number of hydrogen-bond acceptors (Lipinski definition) is 6. The Morgan fingerprint density at radius 3 is 2.63 bits per heavy atom. The number of aryl methyl sites for hydroxylation is 1. The molecule has 0 saturated heterocycles. The van der Waals surface area contributed by atoms with E-state index in [-0.39, 0.29) is 0 Å². The molecule has 158 valence electrons. The molecule has 0 amide bonds. The molecular formula is C24H29N3O2S. The first-order valence-electron chi connectivity index (χ1n) is 10.4. The van der Waals surface area contributed by atoms with E-state index < -0.39 is 0 Å². The second-order valence-electron chi connectivity index (χ2n) is 6.85. The second kappa shape index (κ2) is 11.4. The van der Waals surface area contributed by atoms with E-state index in [0.717, 1.165) is 44.7 Å². The largest absolute Gasteiger partial charge is 0.490 e. The van der Waals surface area contributed by atoms with E-state index in [1.54, 1.807) is 17.6 Å². The number of rotatable bonds is 11. The Morgan fingerprint density at radius 1 is 1.03 bits per heavy atom. The maximum Gasteiger partial charge on any atom is 0.204 e. The highest BCUT2D eigenvalue weighted by Crippen LogP contribution is 2.30. The van der Waals surface area contributed by atoms with Gasteiger partial charge in [0, 0.05) is 10.4 Å². The third-order valence-corrected chi connectivity index (χ3v) is 5.37. The second-order valence-corrected chi connectivity index (χ2v) is 8.06. The number of nitrogens with one attached hydrogen (secondary N) is 1. The molecule has 3 rings (SSSR count). The van der Waals surface area contributed by atoms with Crippen molar-refractivity contribution in [1.29, 1.82) is 0 Å². The summed E-state index contributed by atoms with van der Waals surface area (Å²) >= 11 is 1.59. The predicted molar refractivity (Wildman–Crippen MR) is 126 cm³/mol. The molecule has 0 radical (unpaired) electrons. The molecule has 1 heterocycles. The summed E-state index contributed by atoms with van der Waals surface area (Å²) < 4.78 is 11.6. The van der Waals surface area contributed by atoms with Crippen molar-refractivity contribution in [2.24, 2.45) is 5.10 Å². The van der Waals surface area contributed by atoms with Gasteiger partial charge >= 0.3 is 0 Å². The van der Waals surface area contributed by atoms with Crippen molar-refractivity contribution in [3.05, 3.63) is 59.0 Å². The quantitative estimate of drug-likeness (QED) is 0.216. The fraction of sp³-hybridized carbons (Fsp3) is 0.333. The van der Waals surface area contributed by atoms with Crippen LogP contribution in [0.3, 0.4) is 0 Å². The summed E-state index contributed by atoms with van der Waals surface area (Å²) in [6.07, 6.45) is 5.16. The zero-order valence-corrected chi connectivity index (χ0v) is 18.7. The van der Waals surface area contributed by atoms with Gasteiger partial charge < -0.3 is 9.47 Å². The van der Waals surface area contributed by atoms with Crippen molar-refractivity contribution >= 4 is 22.7 Å². The molecule has 0 atom stereocenters. The van der Waals surface area contributed by atoms with E-state index in [1.807, 2.05) is 43.3 Å². The van der Waals surface area contributed by atoms with E-state index in [9.17, 15) is 0 Å². The van der Waals surface area contributed by atoms with E-state index in [2.05, 4.69) is 41.5 Å². The molecule has 3 aromatic rings. The Morgan fingerprint density at radius 2 is 1.87 bits per heavy atom. The minimum absolute atomic E-state index is 0.588. The summed E-state index contributed by atoms with van der Waals surface area (Å²) in [6.45, 7) is 7.52. The number of benzene rings is 2. The van der Waals surface area contributed by atoms with Crippen LogP contribution >= 0.6 is 11.3 Å². The van der Waals surface area contributed by atoms with Crippen LogP contribution in [0.2, 0.25) is 0 Å². The maximum absolute atomic E-state index is 5.89. The van der Waals surface area contributed by atoms with Gasteiger partial charge in [0.1, 0.15) is 0 Å². The summed E-state index contributed by atoms with van der Waals surface area (Å²) in [4.78, 5) is 5.82. The Hall–Kier alpha value is -2.86. The highest BCUT2D eigenvalue weighted by atomic mass is 32.1. The molecule has 5 nitrogen and oxygen atoms in total. The van der Waals surface area contributed by atoms with Crippen molar-refractivity contribution in [3.8, 4) is 22.8 Å². The lowest BCUT2D eigenvalue weighted by atomic mass is 10.1. The average Bonchev–Trinajstić information content (AvgIpc) is 3.13. The van der Waals surface area contributed by atoms with Gasteiger partial charge in [-0.3, -0.25) is 5.43 Å². The van der Waals surface area contributed by atoms with Gasteiger partial charge in [-0.25, -0.2) is 4.98 Å². The Kier molecular flexibility index (Phi) is 8.27. The van der Waals surface area contributed by atoms with Crippen LogP contribution in [0.4, 0.5) is 5.13 Å². The molecule has 1 aromatic heterocycles. The molecule has 6 heteroatoms. The smallest absolute Gasteiger partial charge is 0.204 e. The Labute approximate surface area is 182 Å². The summed E-state index contributed by atoms with van der Waals surface area (Å²) in [5.74, 6) is 1.52. The van der Waals surface area contributed by atoms with E-state index in [0.29, 0.717) is 13.2 Å². The number of anilines is 1. The van der Waals surface area contributed by atoms with Gasteiger partial charge in [-0.2, -0.15) is 5.10 Å². The molecule has 0 aliphatic rings. The monoisotopic (exact) mass is 423 g/mol. The van der Waals surface area contributed by atoms with Crippen molar-refractivity contribution < 1.29 is 9.47 Å². The summed E-state index contributed by atoms with van der Waals surface area (Å²) in [6, 6.07) is 16.1. The SMILES string of the molecule is CCCCCOc1ccc(/C=N\Nc2nc(-c3ccccc3)c(C)s2)cc1OCC. The summed E-state index contributed by atoms with van der Waals surface area (Å²) in [5.41, 5.74) is 6.07. The van der Waals surface area contributed by atoms with Crippen LogP contribution < -0.4 is 14.9 Å². The van der Waals surface area contributed by atoms with Gasteiger partial charge in [0.25, 0.3) is 0 Å². The Balaban J connectivity index is 1.65. The molecule has 0 unspecified atom stereocenters. The van der Waals surface area contributed by atoms with Gasteiger partial charge in [0.05, 0.1) is 25.1 Å². The number of aromatic nitrogens is 1. The number of nitrogens with zero attached hydrogens (tertiary/aromatic N) is 2. The number of ether oxygens (including phenoxy) is 2. The lowest BCUT2D eigenvalue weighted by Gasteiger charge is -2.12. The molecular weight excluding hydrogens is 394 g/mol. The molecule has 1 N–H and O–H groups in total. The zero-order chi connectivity index (χ0) is 21.2. The van der Waals surface area contributed by atoms with Crippen LogP contribution in [0.1, 0.15) is 43.6 Å². The third-order valence-electron chi connectivity index (χ3n) is 4.49. The van der Waals surface area contributed by atoms with Crippen molar-refractivity contribution in [2.45, 2.75) is 40.0 Å². The minimum atomic E-state index is 0.588. The van der Waals surface area contributed by atoms with Gasteiger partial charge in [-0.1, -0.05) is 50.1 Å². The number of unbranched alkanes of at least 4 members (excludes halogenated alkanes) is 2. The van der Waals surface area contributed by atoms with E-state index in [1.165, 1.54) is 12.8 Å². The Bertz CT molecular complexity index is 954. The normalized spacial score (nSPS) is 11.0. The molecule has 0 bridgehead atoms. The molecule has 0 aliphatic carbocycles. The van der Waals surface area contributed by atoms with Crippen LogP contribution in [-0.4, -0.2) is 24.4 Å². The maximum atomic E-state index is 5.89. The topological polar surface area (TPSA) is 55.7 Å². The van der Waals surface area contributed by atoms with Gasteiger partial charge in [0.15, 0.2) is 11.5 Å². The van der Waals surface area contributed by atoms with Crippen LogP contribution in [0.25, 0.3) is 11.3 Å². The van der Waals surface area contributed by atoms with Crippen LogP contribution in [0.5, 0.6) is 11.5 Å². The number of hydrazone groups is 1. The third kappa shape index (κ3) is 6.07. The van der Waals surface area contributed by atoms with Crippen LogP contribution in [-0.2, 0) is 0 Å². The summed E-state index contributed by atoms with van der Waals surface area (Å²) in [5, 5.41) is 5.12. The fourth-order valence-corrected chi connectivity index (χ4v) is 3.78. The van der Waals surface area contributed by atoms with Crippen LogP contribution in [0, 0.1) is 6.92 Å². The summed E-state index contributed by atoms with van der Waals surface area (Å²) in [7, 11) is 0. The van der Waals surface area contributed by atoms with E-state index in [4.69, 9.17) is 9.47 Å². The van der Waals surface area contributed by atoms with Crippen LogP contribution in [0.15, 0.2) is 53.6 Å². The fourth-order valence-electron chi connectivity index (χ4n) is 3.00. The standard InChI is InChI=1S/C24H29N3O2S/c1-4-6-10-15-29-21-14-13-19(16-22(21)28-5-2)17-25-27-24-26-23(18(3)30-24)20-11-8-7-9-12-20/h7-9,11-14,16-17H,4-6,10,15H2,1-3H3,(H,26,27)/b25-17-. The number of hydrogen-bond donors (Lipinski definition) is 1. The van der Waals surface area contributed by atoms with Gasteiger partial charge in [-0.15, -0.1) is 11.3 Å². The molecule has 0 fully saturated rings. The molecule has 0 spiro atoms. The van der Waals surface area contributed by atoms with Gasteiger partial charge in [0.2, 0.25) is 5.13 Å². The lowest BCUT2D eigenvalue weighted by molar-refractivity contribution is 0.271.